The van der Waals surface area contributed by atoms with E-state index in [0.29, 0.717) is 12.1 Å². The molecule has 0 amide bonds. The number of anilines is 1. The summed E-state index contributed by atoms with van der Waals surface area (Å²) in [5.41, 5.74) is 7.24. The van der Waals surface area contributed by atoms with Crippen LogP contribution in [-0.4, -0.2) is 23.6 Å². The largest absolute Gasteiger partial charge is 0.369 e. The van der Waals surface area contributed by atoms with Gasteiger partial charge in [-0.1, -0.05) is 0 Å². The van der Waals surface area contributed by atoms with Gasteiger partial charge in [-0.25, -0.2) is 0 Å². The van der Waals surface area contributed by atoms with Crippen molar-refractivity contribution in [3.8, 4) is 0 Å². The smallest absolute Gasteiger partial charge is 0.0399 e. The highest BCUT2D eigenvalue weighted by atomic mass is 15.2. The third kappa shape index (κ3) is 2.53. The van der Waals surface area contributed by atoms with Crippen molar-refractivity contribution in [1.29, 1.82) is 0 Å². The van der Waals surface area contributed by atoms with E-state index in [1.54, 1.807) is 0 Å². The molecule has 1 heterocycles. The molecule has 3 nitrogen and oxygen atoms in total. The standard InChI is InChI=1S/C13H21N3/c1-2-16(13-7-9-15-10-8-13)12-5-3-11(14)4-6-12/h7-12H,2-6,14H2,1H3. The minimum Gasteiger partial charge on any atom is -0.369 e. The van der Waals surface area contributed by atoms with Crippen LogP contribution in [0.4, 0.5) is 5.69 Å². The molecule has 0 atom stereocenters. The van der Waals surface area contributed by atoms with Crippen LogP contribution in [0.1, 0.15) is 32.6 Å². The lowest BCUT2D eigenvalue weighted by Crippen LogP contribution is -2.40. The van der Waals surface area contributed by atoms with Crippen molar-refractivity contribution in [3.05, 3.63) is 24.5 Å². The monoisotopic (exact) mass is 219 g/mol. The van der Waals surface area contributed by atoms with Crippen molar-refractivity contribution in [3.63, 3.8) is 0 Å². The summed E-state index contributed by atoms with van der Waals surface area (Å²) in [4.78, 5) is 6.55. The predicted octanol–water partition coefficient (Wildman–Crippen LogP) is 2.18. The van der Waals surface area contributed by atoms with Crippen LogP contribution in [0, 0.1) is 0 Å². The van der Waals surface area contributed by atoms with Gasteiger partial charge in [0.2, 0.25) is 0 Å². The molecule has 0 spiro atoms. The highest BCUT2D eigenvalue weighted by Gasteiger charge is 2.23. The molecule has 1 aromatic heterocycles. The van der Waals surface area contributed by atoms with Crippen molar-refractivity contribution >= 4 is 5.69 Å². The van der Waals surface area contributed by atoms with E-state index in [1.807, 2.05) is 12.4 Å². The molecule has 0 aliphatic heterocycles. The van der Waals surface area contributed by atoms with Gasteiger partial charge in [0.15, 0.2) is 0 Å². The van der Waals surface area contributed by atoms with Gasteiger partial charge in [0.25, 0.3) is 0 Å². The minimum absolute atomic E-state index is 0.424. The Balaban J connectivity index is 2.05. The molecule has 2 rings (SSSR count). The zero-order valence-corrected chi connectivity index (χ0v) is 9.97. The van der Waals surface area contributed by atoms with E-state index in [1.165, 1.54) is 18.5 Å². The van der Waals surface area contributed by atoms with Crippen LogP contribution < -0.4 is 10.6 Å². The normalized spacial score (nSPS) is 25.4. The van der Waals surface area contributed by atoms with Crippen LogP contribution in [0.3, 0.4) is 0 Å². The highest BCUT2D eigenvalue weighted by molar-refractivity contribution is 5.45. The summed E-state index contributed by atoms with van der Waals surface area (Å²) in [6.07, 6.45) is 8.49. The summed E-state index contributed by atoms with van der Waals surface area (Å²) in [7, 11) is 0. The van der Waals surface area contributed by atoms with Gasteiger partial charge in [0, 0.05) is 36.7 Å². The van der Waals surface area contributed by atoms with Crippen molar-refractivity contribution in [2.24, 2.45) is 5.73 Å². The van der Waals surface area contributed by atoms with Gasteiger partial charge in [0.1, 0.15) is 0 Å². The Hall–Kier alpha value is -1.09. The van der Waals surface area contributed by atoms with E-state index in [9.17, 15) is 0 Å². The van der Waals surface area contributed by atoms with Crippen molar-refractivity contribution in [2.45, 2.75) is 44.7 Å². The first-order valence-corrected chi connectivity index (χ1v) is 6.23. The van der Waals surface area contributed by atoms with Gasteiger partial charge < -0.3 is 10.6 Å². The van der Waals surface area contributed by atoms with Crippen molar-refractivity contribution < 1.29 is 0 Å². The average Bonchev–Trinajstić information content (AvgIpc) is 2.34. The van der Waals surface area contributed by atoms with Gasteiger partial charge in [-0.05, 0) is 44.7 Å². The lowest BCUT2D eigenvalue weighted by atomic mass is 9.90. The van der Waals surface area contributed by atoms with Gasteiger partial charge in [0.05, 0.1) is 0 Å². The maximum atomic E-state index is 5.95. The number of hydrogen-bond acceptors (Lipinski definition) is 3. The lowest BCUT2D eigenvalue weighted by molar-refractivity contribution is 0.378. The first-order chi connectivity index (χ1) is 7.81. The van der Waals surface area contributed by atoms with Crippen LogP contribution in [0.2, 0.25) is 0 Å². The molecule has 88 valence electrons. The number of pyridine rings is 1. The Morgan fingerprint density at radius 3 is 2.44 bits per heavy atom. The summed E-state index contributed by atoms with van der Waals surface area (Å²) in [6.45, 7) is 3.28. The number of hydrogen-bond donors (Lipinski definition) is 1. The van der Waals surface area contributed by atoms with Gasteiger partial charge in [-0.15, -0.1) is 0 Å². The topological polar surface area (TPSA) is 42.2 Å². The molecular formula is C13H21N3. The van der Waals surface area contributed by atoms with Crippen molar-refractivity contribution in [1.82, 2.24) is 4.98 Å². The van der Waals surface area contributed by atoms with E-state index in [2.05, 4.69) is 28.9 Å². The van der Waals surface area contributed by atoms with E-state index in [0.717, 1.165) is 19.4 Å². The summed E-state index contributed by atoms with van der Waals surface area (Å²) in [5.74, 6) is 0. The lowest BCUT2D eigenvalue weighted by Gasteiger charge is -2.37. The maximum Gasteiger partial charge on any atom is 0.0399 e. The Morgan fingerprint density at radius 2 is 1.88 bits per heavy atom. The summed E-state index contributed by atoms with van der Waals surface area (Å²) < 4.78 is 0. The fraction of sp³-hybridized carbons (Fsp3) is 0.615. The van der Waals surface area contributed by atoms with Gasteiger partial charge in [-0.2, -0.15) is 0 Å². The highest BCUT2D eigenvalue weighted by Crippen LogP contribution is 2.26. The quantitative estimate of drug-likeness (QED) is 0.847. The molecule has 1 fully saturated rings. The number of nitrogens with zero attached hydrogens (tertiary/aromatic N) is 2. The third-order valence-electron chi connectivity index (χ3n) is 3.52. The second kappa shape index (κ2) is 5.30. The Labute approximate surface area is 97.7 Å². The molecule has 1 saturated carbocycles. The van der Waals surface area contributed by atoms with E-state index >= 15 is 0 Å². The van der Waals surface area contributed by atoms with Crippen LogP contribution in [0.15, 0.2) is 24.5 Å². The van der Waals surface area contributed by atoms with Crippen LogP contribution in [0.5, 0.6) is 0 Å². The molecule has 1 aromatic rings. The third-order valence-corrected chi connectivity index (χ3v) is 3.52. The molecule has 0 radical (unpaired) electrons. The molecule has 16 heavy (non-hydrogen) atoms. The average molecular weight is 219 g/mol. The summed E-state index contributed by atoms with van der Waals surface area (Å²) >= 11 is 0. The fourth-order valence-electron chi connectivity index (χ4n) is 2.60. The van der Waals surface area contributed by atoms with Crippen LogP contribution in [-0.2, 0) is 0 Å². The first-order valence-electron chi connectivity index (χ1n) is 6.23. The molecule has 3 heteroatoms. The van der Waals surface area contributed by atoms with E-state index in [-0.39, 0.29) is 0 Å². The molecule has 0 unspecified atom stereocenters. The molecule has 1 aliphatic carbocycles. The second-order valence-corrected chi connectivity index (χ2v) is 4.56. The maximum absolute atomic E-state index is 5.95. The number of rotatable bonds is 3. The van der Waals surface area contributed by atoms with Crippen LogP contribution >= 0.6 is 0 Å². The van der Waals surface area contributed by atoms with Crippen molar-refractivity contribution in [2.75, 3.05) is 11.4 Å². The zero-order chi connectivity index (χ0) is 11.4. The molecule has 0 bridgehead atoms. The molecular weight excluding hydrogens is 198 g/mol. The Bertz CT molecular complexity index is 304. The number of nitrogens with two attached hydrogens (primary N) is 1. The summed E-state index contributed by atoms with van der Waals surface area (Å²) in [6, 6.07) is 5.27. The molecule has 0 aromatic carbocycles. The minimum atomic E-state index is 0.424. The van der Waals surface area contributed by atoms with Gasteiger partial charge >= 0.3 is 0 Å². The first kappa shape index (κ1) is 11.4. The Morgan fingerprint density at radius 1 is 1.25 bits per heavy atom. The van der Waals surface area contributed by atoms with E-state index in [4.69, 9.17) is 5.73 Å². The number of aromatic nitrogens is 1. The second-order valence-electron chi connectivity index (χ2n) is 4.56. The molecule has 2 N–H and O–H groups in total. The Kier molecular flexibility index (Phi) is 3.78. The van der Waals surface area contributed by atoms with E-state index < -0.39 is 0 Å². The molecule has 0 saturated heterocycles. The zero-order valence-electron chi connectivity index (χ0n) is 9.97. The molecule has 1 aliphatic rings. The predicted molar refractivity (Wildman–Crippen MR) is 67.5 cm³/mol. The fourth-order valence-corrected chi connectivity index (χ4v) is 2.60. The SMILES string of the molecule is CCN(c1ccncc1)C1CCC(N)CC1. The summed E-state index contributed by atoms with van der Waals surface area (Å²) in [5, 5.41) is 0. The van der Waals surface area contributed by atoms with Crippen LogP contribution in [0.25, 0.3) is 0 Å². The van der Waals surface area contributed by atoms with Gasteiger partial charge in [-0.3, -0.25) is 4.98 Å².